The highest BCUT2D eigenvalue weighted by Crippen LogP contribution is 2.12. The summed E-state index contributed by atoms with van der Waals surface area (Å²) in [5.41, 5.74) is 0. The number of carboxylic acid groups (broad SMARTS) is 1. The van der Waals surface area contributed by atoms with Crippen molar-refractivity contribution in [3.05, 3.63) is 85.1 Å². The van der Waals surface area contributed by atoms with Gasteiger partial charge in [0.15, 0.2) is 6.10 Å². The Labute approximate surface area is 329 Å². The second-order valence-corrected chi connectivity index (χ2v) is 14.6. The number of ether oxygens (including phenoxy) is 3. The molecule has 2 atom stereocenters. The third-order valence-electron chi connectivity index (χ3n) is 8.68. The number of esters is 2. The van der Waals surface area contributed by atoms with Crippen molar-refractivity contribution in [1.29, 1.82) is 0 Å². The molecule has 0 rings (SSSR count). The lowest BCUT2D eigenvalue weighted by Crippen LogP contribution is -2.55. The summed E-state index contributed by atoms with van der Waals surface area (Å²) in [6.07, 6.45) is 46.0. The second kappa shape index (κ2) is 36.5. The molecule has 0 aromatic carbocycles. The Morgan fingerprint density at radius 3 is 1.59 bits per heavy atom. The molecule has 0 N–H and O–H groups in total. The van der Waals surface area contributed by atoms with E-state index in [-0.39, 0.29) is 55.5 Å². The van der Waals surface area contributed by atoms with Crippen LogP contribution in [0.2, 0.25) is 0 Å². The molecular weight excluding hydrogens is 679 g/mol. The summed E-state index contributed by atoms with van der Waals surface area (Å²) in [5, 5.41) is 11.6. The van der Waals surface area contributed by atoms with Gasteiger partial charge in [-0.15, -0.1) is 0 Å². The molecule has 0 spiro atoms. The van der Waals surface area contributed by atoms with Crippen LogP contribution in [0, 0.1) is 0 Å². The van der Waals surface area contributed by atoms with Gasteiger partial charge >= 0.3 is 11.9 Å². The highest BCUT2D eigenvalue weighted by Gasteiger charge is 2.25. The van der Waals surface area contributed by atoms with Crippen LogP contribution in [0.25, 0.3) is 0 Å². The predicted molar refractivity (Wildman–Crippen MR) is 222 cm³/mol. The minimum absolute atomic E-state index is 0.0148. The van der Waals surface area contributed by atoms with Crippen molar-refractivity contribution in [3.63, 3.8) is 0 Å². The number of aliphatic carboxylic acids is 1. The number of allylic oxidation sites excluding steroid dienone is 14. The van der Waals surface area contributed by atoms with Crippen molar-refractivity contribution in [2.45, 2.75) is 148 Å². The lowest BCUT2D eigenvalue weighted by molar-refractivity contribution is -0.889. The molecule has 2 unspecified atom stereocenters. The van der Waals surface area contributed by atoms with Crippen molar-refractivity contribution in [2.24, 2.45) is 0 Å². The minimum Gasteiger partial charge on any atom is -0.544 e. The van der Waals surface area contributed by atoms with Crippen LogP contribution >= 0.6 is 0 Å². The van der Waals surface area contributed by atoms with E-state index < -0.39 is 18.1 Å². The first-order valence-corrected chi connectivity index (χ1v) is 20.7. The van der Waals surface area contributed by atoms with Gasteiger partial charge in [0.05, 0.1) is 40.3 Å². The molecule has 54 heavy (non-hydrogen) atoms. The van der Waals surface area contributed by atoms with Crippen LogP contribution in [0.5, 0.6) is 0 Å². The van der Waals surface area contributed by atoms with Crippen molar-refractivity contribution in [2.75, 3.05) is 41.0 Å². The van der Waals surface area contributed by atoms with Gasteiger partial charge in [-0.25, -0.2) is 0 Å². The first kappa shape index (κ1) is 50.5. The summed E-state index contributed by atoms with van der Waals surface area (Å²) >= 11 is 0. The number of unbranched alkanes of at least 4 members (excludes halogenated alkanes) is 12. The quantitative estimate of drug-likeness (QED) is 0.0209. The van der Waals surface area contributed by atoms with Crippen LogP contribution in [0.1, 0.15) is 136 Å². The Morgan fingerprint density at radius 1 is 0.574 bits per heavy atom. The molecule has 8 heteroatoms. The highest BCUT2D eigenvalue weighted by molar-refractivity contribution is 5.70. The molecule has 0 aliphatic heterocycles. The Hall–Kier alpha value is -3.49. The fourth-order valence-corrected chi connectivity index (χ4v) is 5.45. The Bertz CT molecular complexity index is 1160. The largest absolute Gasteiger partial charge is 0.544 e. The van der Waals surface area contributed by atoms with E-state index in [0.717, 1.165) is 57.8 Å². The third-order valence-corrected chi connectivity index (χ3v) is 8.68. The van der Waals surface area contributed by atoms with Gasteiger partial charge in [0, 0.05) is 19.3 Å². The average molecular weight is 754 g/mol. The molecule has 306 valence electrons. The van der Waals surface area contributed by atoms with E-state index in [0.29, 0.717) is 6.42 Å². The molecule has 0 aliphatic carbocycles. The summed E-state index contributed by atoms with van der Waals surface area (Å²) in [7, 11) is 5.37. The maximum Gasteiger partial charge on any atom is 0.306 e. The zero-order valence-corrected chi connectivity index (χ0v) is 34.6. The third kappa shape index (κ3) is 34.3. The number of carboxylic acids is 1. The smallest absolute Gasteiger partial charge is 0.306 e. The first-order valence-electron chi connectivity index (χ1n) is 20.7. The molecule has 8 nitrogen and oxygen atoms in total. The van der Waals surface area contributed by atoms with Gasteiger partial charge in [0.2, 0.25) is 0 Å². The molecule has 0 aromatic heterocycles. The maximum absolute atomic E-state index is 12.7. The molecule has 0 radical (unpaired) electrons. The summed E-state index contributed by atoms with van der Waals surface area (Å²) in [6, 6.07) is -0.739. The molecule has 0 saturated heterocycles. The molecule has 0 aliphatic rings. The predicted octanol–water partition coefficient (Wildman–Crippen LogP) is 9.63. The summed E-state index contributed by atoms with van der Waals surface area (Å²) in [6.45, 7) is 4.41. The van der Waals surface area contributed by atoms with Gasteiger partial charge in [-0.2, -0.15) is 0 Å². The average Bonchev–Trinajstić information content (AvgIpc) is 3.12. The standard InChI is InChI=1S/C46H75NO7/c1-6-8-10-12-14-16-18-20-21-22-23-25-26-28-30-32-34-36-44(48)53-41-42(40-52-39-38-43(46(50)51)47(3,4)5)54-45(49)37-35-33-31-29-27-24-19-17-15-13-11-9-7-2/h8,10,12,14,16,18,20-27,42-43H,6-7,9,11,13,15,17,19,28-41H2,1-5H3/b10-8+,14-12+,18-16+,21-20+,23-22+,26-25+,27-24+. The number of nitrogens with zero attached hydrogens (tertiary/aromatic N) is 1. The van der Waals surface area contributed by atoms with Gasteiger partial charge in [-0.3, -0.25) is 9.59 Å². The van der Waals surface area contributed by atoms with E-state index in [4.69, 9.17) is 14.2 Å². The number of quaternary nitrogens is 1. The van der Waals surface area contributed by atoms with E-state index in [1.165, 1.54) is 38.5 Å². The SMILES string of the molecule is CC/C=C/C=C/C=C/C=C/C=C/C=C/CCCCCC(=O)OCC(COCCC(C(=O)[O-])[N+](C)(C)C)OC(=O)CCCCC/C=C/CCCCCCCC. The van der Waals surface area contributed by atoms with E-state index in [9.17, 15) is 19.5 Å². The van der Waals surface area contributed by atoms with Crippen LogP contribution in [0.3, 0.4) is 0 Å². The van der Waals surface area contributed by atoms with Crippen LogP contribution in [-0.4, -0.2) is 75.5 Å². The van der Waals surface area contributed by atoms with Crippen molar-refractivity contribution >= 4 is 17.9 Å². The molecule has 0 aromatic rings. The Morgan fingerprint density at radius 2 is 1.06 bits per heavy atom. The number of carbonyl (C=O) groups is 3. The Kier molecular flexibility index (Phi) is 34.1. The topological polar surface area (TPSA) is 102 Å². The van der Waals surface area contributed by atoms with Gasteiger partial charge < -0.3 is 28.6 Å². The van der Waals surface area contributed by atoms with Crippen molar-refractivity contribution in [1.82, 2.24) is 0 Å². The maximum atomic E-state index is 12.7. The lowest BCUT2D eigenvalue weighted by Gasteiger charge is -2.34. The van der Waals surface area contributed by atoms with E-state index in [2.05, 4.69) is 38.2 Å². The number of hydrogen-bond donors (Lipinski definition) is 0. The van der Waals surface area contributed by atoms with E-state index in [1.807, 2.05) is 60.8 Å². The van der Waals surface area contributed by atoms with Gasteiger partial charge in [0.25, 0.3) is 0 Å². The molecular formula is C46H75NO7. The zero-order chi connectivity index (χ0) is 40.0. The fraction of sp³-hybridized carbons (Fsp3) is 0.630. The number of hydrogen-bond acceptors (Lipinski definition) is 7. The van der Waals surface area contributed by atoms with E-state index >= 15 is 0 Å². The summed E-state index contributed by atoms with van der Waals surface area (Å²) in [4.78, 5) is 36.7. The lowest BCUT2D eigenvalue weighted by atomic mass is 10.1. The van der Waals surface area contributed by atoms with Gasteiger partial charge in [-0.1, -0.05) is 144 Å². The number of carbonyl (C=O) groups excluding carboxylic acids is 3. The zero-order valence-electron chi connectivity index (χ0n) is 34.6. The molecule has 0 bridgehead atoms. The second-order valence-electron chi connectivity index (χ2n) is 14.6. The number of rotatable bonds is 35. The molecule has 0 amide bonds. The molecule has 0 saturated carbocycles. The van der Waals surface area contributed by atoms with Crippen LogP contribution in [0.4, 0.5) is 0 Å². The van der Waals surface area contributed by atoms with Gasteiger partial charge in [-0.05, 0) is 57.8 Å². The Balaban J connectivity index is 4.52. The van der Waals surface area contributed by atoms with Crippen LogP contribution < -0.4 is 5.11 Å². The van der Waals surface area contributed by atoms with Crippen molar-refractivity contribution in [3.8, 4) is 0 Å². The van der Waals surface area contributed by atoms with Gasteiger partial charge in [0.1, 0.15) is 12.6 Å². The fourth-order valence-electron chi connectivity index (χ4n) is 5.45. The van der Waals surface area contributed by atoms with Crippen LogP contribution in [0.15, 0.2) is 85.1 Å². The monoisotopic (exact) mass is 754 g/mol. The summed E-state index contributed by atoms with van der Waals surface area (Å²) in [5.74, 6) is -1.83. The summed E-state index contributed by atoms with van der Waals surface area (Å²) < 4.78 is 17.1. The normalized spacial score (nSPS) is 13.9. The minimum atomic E-state index is -1.14. The highest BCUT2D eigenvalue weighted by atomic mass is 16.6. The van der Waals surface area contributed by atoms with E-state index in [1.54, 1.807) is 21.1 Å². The van der Waals surface area contributed by atoms with Crippen molar-refractivity contribution < 1.29 is 38.2 Å². The molecule has 0 heterocycles. The number of likely N-dealkylation sites (N-methyl/N-ethyl adjacent to an activating group) is 1. The van der Waals surface area contributed by atoms with Crippen LogP contribution in [-0.2, 0) is 28.6 Å². The first-order chi connectivity index (χ1) is 26.1. The molecule has 0 fully saturated rings.